The first kappa shape index (κ1) is 33.8. The third-order valence-corrected chi connectivity index (χ3v) is 6.60. The minimum absolute atomic E-state index is 0.0424. The maximum Gasteiger partial charge on any atom is 0.285 e. The molecule has 0 fully saturated rings. The van der Waals surface area contributed by atoms with Gasteiger partial charge in [-0.25, -0.2) is 17.6 Å². The van der Waals surface area contributed by atoms with E-state index in [4.69, 9.17) is 14.2 Å². The Morgan fingerprint density at radius 2 is 1.08 bits per heavy atom. The zero-order valence-electron chi connectivity index (χ0n) is 23.6. The Morgan fingerprint density at radius 3 is 1.59 bits per heavy atom. The van der Waals surface area contributed by atoms with Gasteiger partial charge >= 0.3 is 0 Å². The first-order chi connectivity index (χ1) is 17.9. The molecule has 1 unspecified atom stereocenters. The van der Waals surface area contributed by atoms with Crippen LogP contribution >= 0.6 is 0 Å². The van der Waals surface area contributed by atoms with Gasteiger partial charge in [-0.1, -0.05) is 79.1 Å². The van der Waals surface area contributed by atoms with E-state index in [-0.39, 0.29) is 17.9 Å². The predicted octanol–water partition coefficient (Wildman–Crippen LogP) is 9.65. The van der Waals surface area contributed by atoms with Gasteiger partial charge in [-0.2, -0.15) is 0 Å². The van der Waals surface area contributed by atoms with Crippen molar-refractivity contribution in [2.24, 2.45) is 5.92 Å². The van der Waals surface area contributed by atoms with Gasteiger partial charge in [-0.15, -0.1) is 0 Å². The number of ether oxygens (including phenoxy) is 3. The average Bonchev–Trinajstić information content (AvgIpc) is 2.90. The zero-order valence-corrected chi connectivity index (χ0v) is 23.6. The van der Waals surface area contributed by atoms with E-state index in [1.165, 1.54) is 25.7 Å². The van der Waals surface area contributed by atoms with Gasteiger partial charge in [-0.05, 0) is 56.6 Å². The van der Waals surface area contributed by atoms with Gasteiger partial charge in [0, 0.05) is 5.92 Å². The van der Waals surface area contributed by atoms with Gasteiger partial charge in [0.2, 0.25) is 0 Å². The maximum absolute atomic E-state index is 14.0. The van der Waals surface area contributed by atoms with E-state index in [1.807, 2.05) is 0 Å². The number of aryl methyl sites for hydroxylation is 1. The van der Waals surface area contributed by atoms with E-state index in [2.05, 4.69) is 27.7 Å². The zero-order chi connectivity index (χ0) is 27.5. The highest BCUT2D eigenvalue weighted by Crippen LogP contribution is 2.35. The second-order valence-electron chi connectivity index (χ2n) is 9.96. The summed E-state index contributed by atoms with van der Waals surface area (Å²) in [7, 11) is 0. The molecule has 0 N–H and O–H groups in total. The number of hydrogen-bond donors (Lipinski definition) is 0. The summed E-state index contributed by atoms with van der Waals surface area (Å²) in [5, 5.41) is 0. The van der Waals surface area contributed by atoms with Crippen molar-refractivity contribution in [3.63, 3.8) is 0 Å². The molecule has 0 aliphatic heterocycles. The lowest BCUT2D eigenvalue weighted by Crippen LogP contribution is -2.47. The van der Waals surface area contributed by atoms with Crippen LogP contribution in [0.3, 0.4) is 0 Å². The fourth-order valence-corrected chi connectivity index (χ4v) is 4.57. The average molecular weight is 535 g/mol. The molecule has 0 spiro atoms. The summed E-state index contributed by atoms with van der Waals surface area (Å²) in [6.07, 6.45) is 13.7. The maximum atomic E-state index is 14.0. The van der Waals surface area contributed by atoms with Gasteiger partial charge in [-0.3, -0.25) is 0 Å². The van der Waals surface area contributed by atoms with Gasteiger partial charge in [0.1, 0.15) is 0 Å². The van der Waals surface area contributed by atoms with E-state index in [0.717, 1.165) is 63.9 Å². The van der Waals surface area contributed by atoms with Crippen LogP contribution in [0.25, 0.3) is 0 Å². The van der Waals surface area contributed by atoms with Gasteiger partial charge in [0.25, 0.3) is 5.97 Å². The Labute approximate surface area is 222 Å². The second-order valence-corrected chi connectivity index (χ2v) is 9.96. The molecule has 216 valence electrons. The summed E-state index contributed by atoms with van der Waals surface area (Å²) in [4.78, 5) is 0. The Morgan fingerprint density at radius 1 is 0.595 bits per heavy atom. The lowest BCUT2D eigenvalue weighted by molar-refractivity contribution is -0.406. The Kier molecular flexibility index (Phi) is 18.1. The molecule has 3 nitrogen and oxygen atoms in total. The Balaban J connectivity index is 2.86. The summed E-state index contributed by atoms with van der Waals surface area (Å²) >= 11 is 0. The van der Waals surface area contributed by atoms with Crippen molar-refractivity contribution in [1.82, 2.24) is 0 Å². The summed E-state index contributed by atoms with van der Waals surface area (Å²) in [5.41, 5.74) is -0.127. The van der Waals surface area contributed by atoms with Crippen LogP contribution in [-0.4, -0.2) is 25.8 Å². The van der Waals surface area contributed by atoms with Gasteiger partial charge in [0.05, 0.1) is 19.8 Å². The highest BCUT2D eigenvalue weighted by Gasteiger charge is 2.42. The van der Waals surface area contributed by atoms with Crippen LogP contribution in [0.4, 0.5) is 17.6 Å². The third kappa shape index (κ3) is 12.0. The molecule has 1 aromatic rings. The van der Waals surface area contributed by atoms with Crippen molar-refractivity contribution in [2.45, 2.75) is 130 Å². The highest BCUT2D eigenvalue weighted by molar-refractivity contribution is 5.21. The molecule has 0 aliphatic rings. The molecule has 0 radical (unpaired) electrons. The minimum Gasteiger partial charge on any atom is -0.327 e. The first-order valence-corrected chi connectivity index (χ1v) is 14.6. The molecule has 1 aromatic carbocycles. The fourth-order valence-electron chi connectivity index (χ4n) is 4.57. The number of rotatable bonds is 23. The van der Waals surface area contributed by atoms with Crippen LogP contribution in [0.2, 0.25) is 0 Å². The van der Waals surface area contributed by atoms with Crippen molar-refractivity contribution in [1.29, 1.82) is 0 Å². The van der Waals surface area contributed by atoms with Gasteiger partial charge in [0.15, 0.2) is 23.3 Å². The molecule has 0 saturated heterocycles. The Hall–Kier alpha value is -1.18. The molecule has 7 heteroatoms. The fraction of sp³-hybridized carbons (Fsp3) is 0.800. The molecule has 1 atom stereocenters. The number of hydrogen-bond acceptors (Lipinski definition) is 3. The smallest absolute Gasteiger partial charge is 0.285 e. The van der Waals surface area contributed by atoms with Crippen LogP contribution in [0.5, 0.6) is 0 Å². The lowest BCUT2D eigenvalue weighted by Gasteiger charge is -2.40. The van der Waals surface area contributed by atoms with E-state index in [9.17, 15) is 17.6 Å². The van der Waals surface area contributed by atoms with E-state index >= 15 is 0 Å². The monoisotopic (exact) mass is 534 g/mol. The summed E-state index contributed by atoms with van der Waals surface area (Å²) < 4.78 is 73.3. The lowest BCUT2D eigenvalue weighted by atomic mass is 9.91. The molecule has 1 rings (SSSR count). The van der Waals surface area contributed by atoms with Crippen LogP contribution in [-0.2, 0) is 20.6 Å². The van der Waals surface area contributed by atoms with E-state index < -0.39 is 29.2 Å². The third-order valence-electron chi connectivity index (χ3n) is 6.60. The van der Waals surface area contributed by atoms with Crippen LogP contribution < -0.4 is 0 Å². The van der Waals surface area contributed by atoms with Crippen LogP contribution in [0, 0.1) is 29.2 Å². The summed E-state index contributed by atoms with van der Waals surface area (Å²) in [5.74, 6) is -7.20. The predicted molar refractivity (Wildman–Crippen MR) is 141 cm³/mol. The minimum atomic E-state index is -1.76. The van der Waals surface area contributed by atoms with Crippen molar-refractivity contribution in [3.05, 3.63) is 34.9 Å². The quantitative estimate of drug-likeness (QED) is 0.0460. The number of unbranched alkanes of at least 4 members (excludes halogenated alkanes) is 7. The molecule has 0 saturated carbocycles. The van der Waals surface area contributed by atoms with Gasteiger partial charge < -0.3 is 14.2 Å². The molecule has 0 aliphatic carbocycles. The molecular weight excluding hydrogens is 484 g/mol. The summed E-state index contributed by atoms with van der Waals surface area (Å²) in [6, 6.07) is 0.760. The second kappa shape index (κ2) is 19.8. The van der Waals surface area contributed by atoms with Crippen molar-refractivity contribution in [3.8, 4) is 0 Å². The topological polar surface area (TPSA) is 27.7 Å². The molecule has 0 heterocycles. The van der Waals surface area contributed by atoms with E-state index in [0.29, 0.717) is 26.2 Å². The highest BCUT2D eigenvalue weighted by atomic mass is 19.2. The van der Waals surface area contributed by atoms with Crippen LogP contribution in [0.1, 0.15) is 123 Å². The standard InChI is InChI=1S/C30H50F4O3/c1-5-9-10-11-12-15-18-25(30(35-20-6-2,36-21-7-3)37-22-8-4)19-16-13-14-17-24-23-26(31)28(33)29(34)27(24)32/h23,25H,5-22H2,1-4H3. The van der Waals surface area contributed by atoms with E-state index in [1.54, 1.807) is 0 Å². The molecule has 0 amide bonds. The first-order valence-electron chi connectivity index (χ1n) is 14.6. The molecular formula is C30H50F4O3. The summed E-state index contributed by atoms with van der Waals surface area (Å²) in [6.45, 7) is 10.0. The van der Waals surface area contributed by atoms with Crippen molar-refractivity contribution < 1.29 is 31.8 Å². The molecule has 0 bridgehead atoms. The largest absolute Gasteiger partial charge is 0.327 e. The normalized spacial score (nSPS) is 12.9. The SMILES string of the molecule is CCCCCCCCC(CCCCCc1cc(F)c(F)c(F)c1F)C(OCCC)(OCCC)OCCC. The molecule has 37 heavy (non-hydrogen) atoms. The Bertz CT molecular complexity index is 707. The number of benzene rings is 1. The number of halogens is 4. The van der Waals surface area contributed by atoms with Crippen molar-refractivity contribution >= 4 is 0 Å². The van der Waals surface area contributed by atoms with Crippen molar-refractivity contribution in [2.75, 3.05) is 19.8 Å². The molecule has 0 aromatic heterocycles. The van der Waals surface area contributed by atoms with Crippen LogP contribution in [0.15, 0.2) is 6.07 Å².